The fourth-order valence-corrected chi connectivity index (χ4v) is 6.47. The van der Waals surface area contributed by atoms with Gasteiger partial charge in [-0.1, -0.05) is 41.6 Å². The van der Waals surface area contributed by atoms with Crippen LogP contribution in [0.25, 0.3) is 15.9 Å². The van der Waals surface area contributed by atoms with Crippen LogP contribution in [0.1, 0.15) is 24.3 Å². The molecule has 180 valence electrons. The molecule has 1 N–H and O–H groups in total. The number of fused-ring (bicyclic) bond motifs is 3. The molecule has 0 bridgehead atoms. The maximum absolute atomic E-state index is 13.9. The first-order chi connectivity index (χ1) is 16.9. The molecule has 9 heteroatoms. The first-order valence-electron chi connectivity index (χ1n) is 11.5. The van der Waals surface area contributed by atoms with Crippen molar-refractivity contribution in [2.24, 2.45) is 0 Å². The van der Waals surface area contributed by atoms with Gasteiger partial charge in [0.05, 0.1) is 16.8 Å². The number of amides is 1. The van der Waals surface area contributed by atoms with Crippen LogP contribution in [-0.4, -0.2) is 38.7 Å². The van der Waals surface area contributed by atoms with Gasteiger partial charge in [-0.15, -0.1) is 11.3 Å². The van der Waals surface area contributed by atoms with E-state index < -0.39 is 0 Å². The summed E-state index contributed by atoms with van der Waals surface area (Å²) in [6, 6.07) is 16.9. The summed E-state index contributed by atoms with van der Waals surface area (Å²) in [5.74, 6) is -0.0519. The standard InChI is InChI=1S/C26H25ClN4O2S2/c1-16(2)30-13-12-20-21(14-30)35-24-23(20)25(33)31(19-6-4-3-5-7-19)26(29-24)34-15-22(32)28-18-10-8-17(27)9-11-18/h3-11,16H,12-15H2,1-2H3,(H,28,32). The van der Waals surface area contributed by atoms with E-state index in [1.165, 1.54) is 16.6 Å². The summed E-state index contributed by atoms with van der Waals surface area (Å²) < 4.78 is 1.64. The minimum atomic E-state index is -0.177. The SMILES string of the molecule is CC(C)N1CCc2c(sc3nc(SCC(=O)Nc4ccc(Cl)cc4)n(-c4ccccc4)c(=O)c23)C1. The van der Waals surface area contributed by atoms with Crippen LogP contribution in [0.4, 0.5) is 5.69 Å². The number of nitrogens with zero attached hydrogens (tertiary/aromatic N) is 3. The van der Waals surface area contributed by atoms with E-state index in [0.29, 0.717) is 27.3 Å². The van der Waals surface area contributed by atoms with Crippen LogP contribution < -0.4 is 10.9 Å². The average Bonchev–Trinajstić information content (AvgIpc) is 3.22. The quantitative estimate of drug-likeness (QED) is 0.263. The van der Waals surface area contributed by atoms with Crippen molar-refractivity contribution in [3.63, 3.8) is 0 Å². The van der Waals surface area contributed by atoms with Gasteiger partial charge in [-0.2, -0.15) is 0 Å². The number of nitrogens with one attached hydrogen (secondary N) is 1. The number of rotatable bonds is 6. The third kappa shape index (κ3) is 5.02. The molecule has 2 aromatic heterocycles. The van der Waals surface area contributed by atoms with Crippen LogP contribution >= 0.6 is 34.7 Å². The number of para-hydroxylation sites is 1. The van der Waals surface area contributed by atoms with Crippen molar-refractivity contribution in [3.8, 4) is 5.69 Å². The zero-order valence-corrected chi connectivity index (χ0v) is 21.8. The molecule has 0 spiro atoms. The van der Waals surface area contributed by atoms with Gasteiger partial charge in [0.15, 0.2) is 5.16 Å². The second-order valence-corrected chi connectivity index (χ2v) is 11.2. The van der Waals surface area contributed by atoms with E-state index >= 15 is 0 Å². The molecule has 6 nitrogen and oxygen atoms in total. The molecule has 3 heterocycles. The summed E-state index contributed by atoms with van der Waals surface area (Å²) in [7, 11) is 0. The molecule has 0 saturated carbocycles. The van der Waals surface area contributed by atoms with Crippen LogP contribution in [0.3, 0.4) is 0 Å². The van der Waals surface area contributed by atoms with Gasteiger partial charge in [0.1, 0.15) is 4.83 Å². The zero-order chi connectivity index (χ0) is 24.5. The van der Waals surface area contributed by atoms with Crippen molar-refractivity contribution >= 4 is 56.5 Å². The molecule has 1 amide bonds. The number of hydrogen-bond acceptors (Lipinski definition) is 6. The Morgan fingerprint density at radius 1 is 1.17 bits per heavy atom. The summed E-state index contributed by atoms with van der Waals surface area (Å²) in [5.41, 5.74) is 2.47. The van der Waals surface area contributed by atoms with Crippen LogP contribution in [0.5, 0.6) is 0 Å². The monoisotopic (exact) mass is 524 g/mol. The third-order valence-corrected chi connectivity index (χ3v) is 8.38. The minimum Gasteiger partial charge on any atom is -0.325 e. The molecule has 1 aliphatic heterocycles. The maximum atomic E-state index is 13.9. The van der Waals surface area contributed by atoms with E-state index in [4.69, 9.17) is 16.6 Å². The number of halogens is 1. The highest BCUT2D eigenvalue weighted by atomic mass is 35.5. The Bertz CT molecular complexity index is 1430. The smallest absolute Gasteiger partial charge is 0.267 e. The summed E-state index contributed by atoms with van der Waals surface area (Å²) >= 11 is 8.79. The van der Waals surface area contributed by atoms with Gasteiger partial charge in [-0.05, 0) is 62.2 Å². The van der Waals surface area contributed by atoms with Gasteiger partial charge in [-0.25, -0.2) is 4.98 Å². The van der Waals surface area contributed by atoms with E-state index in [9.17, 15) is 9.59 Å². The first kappa shape index (κ1) is 24.1. The predicted molar refractivity (Wildman–Crippen MR) is 145 cm³/mol. The second-order valence-electron chi connectivity index (χ2n) is 8.71. The Morgan fingerprint density at radius 2 is 1.91 bits per heavy atom. The van der Waals surface area contributed by atoms with Crippen LogP contribution in [0, 0.1) is 0 Å². The normalized spacial score (nSPS) is 13.8. The zero-order valence-electron chi connectivity index (χ0n) is 19.5. The molecule has 0 radical (unpaired) electrons. The van der Waals surface area contributed by atoms with Crippen molar-refractivity contribution in [2.45, 2.75) is 38.0 Å². The molecule has 0 aliphatic carbocycles. The molecule has 0 atom stereocenters. The predicted octanol–water partition coefficient (Wildman–Crippen LogP) is 5.60. The second kappa shape index (κ2) is 10.1. The molecule has 35 heavy (non-hydrogen) atoms. The molecular formula is C26H25ClN4O2S2. The van der Waals surface area contributed by atoms with Gasteiger partial charge >= 0.3 is 0 Å². The van der Waals surface area contributed by atoms with Crippen molar-refractivity contribution in [1.82, 2.24) is 14.5 Å². The molecule has 0 unspecified atom stereocenters. The highest BCUT2D eigenvalue weighted by molar-refractivity contribution is 7.99. The van der Waals surface area contributed by atoms with Gasteiger partial charge in [-0.3, -0.25) is 19.1 Å². The van der Waals surface area contributed by atoms with Gasteiger partial charge < -0.3 is 5.32 Å². The largest absolute Gasteiger partial charge is 0.325 e. The maximum Gasteiger partial charge on any atom is 0.267 e. The molecule has 4 aromatic rings. The highest BCUT2D eigenvalue weighted by Gasteiger charge is 2.26. The summed E-state index contributed by atoms with van der Waals surface area (Å²) in [6.45, 7) is 6.17. The highest BCUT2D eigenvalue weighted by Crippen LogP contribution is 2.34. The van der Waals surface area contributed by atoms with Gasteiger partial charge in [0.2, 0.25) is 5.91 Å². The van der Waals surface area contributed by atoms with Crippen molar-refractivity contribution in [1.29, 1.82) is 0 Å². The number of aromatic nitrogens is 2. The van der Waals surface area contributed by atoms with E-state index in [2.05, 4.69) is 24.1 Å². The number of thiophene rings is 1. The Labute approximate surface area is 216 Å². The number of anilines is 1. The lowest BCUT2D eigenvalue weighted by molar-refractivity contribution is -0.113. The molecule has 2 aromatic carbocycles. The summed E-state index contributed by atoms with van der Waals surface area (Å²) in [4.78, 5) is 35.8. The van der Waals surface area contributed by atoms with E-state index in [1.54, 1.807) is 40.2 Å². The molecular weight excluding hydrogens is 500 g/mol. The third-order valence-electron chi connectivity index (χ3n) is 6.08. The van der Waals surface area contributed by atoms with Crippen molar-refractivity contribution in [2.75, 3.05) is 17.6 Å². The average molecular weight is 525 g/mol. The Hall–Kier alpha value is -2.65. The Kier molecular flexibility index (Phi) is 6.98. The fraction of sp³-hybridized carbons (Fsp3) is 0.269. The molecule has 0 fully saturated rings. The van der Waals surface area contributed by atoms with Crippen LogP contribution in [-0.2, 0) is 17.8 Å². The van der Waals surface area contributed by atoms with Gasteiger partial charge in [0, 0.05) is 34.7 Å². The lowest BCUT2D eigenvalue weighted by Crippen LogP contribution is -2.35. The number of carbonyl (C=O) groups excluding carboxylic acids is 1. The first-order valence-corrected chi connectivity index (χ1v) is 13.6. The number of carbonyl (C=O) groups is 1. The fourth-order valence-electron chi connectivity index (χ4n) is 4.25. The number of hydrogen-bond donors (Lipinski definition) is 1. The van der Waals surface area contributed by atoms with E-state index in [0.717, 1.165) is 35.6 Å². The number of benzene rings is 2. The van der Waals surface area contributed by atoms with Crippen molar-refractivity contribution in [3.05, 3.63) is 80.4 Å². The molecule has 0 saturated heterocycles. The van der Waals surface area contributed by atoms with Crippen LogP contribution in [0.2, 0.25) is 5.02 Å². The lowest BCUT2D eigenvalue weighted by atomic mass is 10.0. The molecule has 5 rings (SSSR count). The molecule has 1 aliphatic rings. The minimum absolute atomic E-state index is 0.0719. The lowest BCUT2D eigenvalue weighted by Gasteiger charge is -2.30. The number of thioether (sulfide) groups is 1. The Morgan fingerprint density at radius 3 is 2.63 bits per heavy atom. The van der Waals surface area contributed by atoms with Crippen molar-refractivity contribution < 1.29 is 4.79 Å². The topological polar surface area (TPSA) is 67.2 Å². The van der Waals surface area contributed by atoms with Crippen LogP contribution in [0.15, 0.2) is 64.5 Å². The summed E-state index contributed by atoms with van der Waals surface area (Å²) in [6.07, 6.45) is 0.842. The Balaban J connectivity index is 1.50. The van der Waals surface area contributed by atoms with Gasteiger partial charge in [0.25, 0.3) is 5.56 Å². The summed E-state index contributed by atoms with van der Waals surface area (Å²) in [5, 5.41) is 4.71. The van der Waals surface area contributed by atoms with E-state index in [-0.39, 0.29) is 17.2 Å². The van der Waals surface area contributed by atoms with E-state index in [1.807, 2.05) is 30.3 Å².